The molecule has 1 saturated heterocycles. The predicted molar refractivity (Wildman–Crippen MR) is 84.6 cm³/mol. The first-order valence-corrected chi connectivity index (χ1v) is 8.04. The number of thiazole rings is 1. The Hall–Kier alpha value is -1.10. The zero-order chi connectivity index (χ0) is 14.1. The first kappa shape index (κ1) is 13.9. The van der Waals surface area contributed by atoms with Crippen LogP contribution >= 0.6 is 22.9 Å². The maximum absolute atomic E-state index is 11.7. The first-order chi connectivity index (χ1) is 9.63. The fourth-order valence-electron chi connectivity index (χ4n) is 2.65. The molecule has 0 bridgehead atoms. The SMILES string of the molecule is Cc1cc(-c2[nH]c(=O)sc2CN2CCCC2)ccc1Cl. The third-order valence-electron chi connectivity index (χ3n) is 3.73. The summed E-state index contributed by atoms with van der Waals surface area (Å²) < 4.78 is 0. The normalized spacial score (nSPS) is 15.9. The van der Waals surface area contributed by atoms with E-state index in [4.69, 9.17) is 11.6 Å². The van der Waals surface area contributed by atoms with Crippen LogP contribution < -0.4 is 4.87 Å². The number of halogens is 1. The van der Waals surface area contributed by atoms with Crippen LogP contribution in [0.5, 0.6) is 0 Å². The minimum absolute atomic E-state index is 0.0156. The molecule has 5 heteroatoms. The van der Waals surface area contributed by atoms with E-state index in [-0.39, 0.29) is 4.87 Å². The van der Waals surface area contributed by atoms with Crippen LogP contribution in [0.15, 0.2) is 23.0 Å². The number of rotatable bonds is 3. The summed E-state index contributed by atoms with van der Waals surface area (Å²) in [4.78, 5) is 18.3. The fraction of sp³-hybridized carbons (Fsp3) is 0.400. The van der Waals surface area contributed by atoms with Crippen molar-refractivity contribution < 1.29 is 0 Å². The highest BCUT2D eigenvalue weighted by Crippen LogP contribution is 2.28. The maximum atomic E-state index is 11.7. The Labute approximate surface area is 127 Å². The van der Waals surface area contributed by atoms with E-state index < -0.39 is 0 Å². The van der Waals surface area contributed by atoms with Crippen molar-refractivity contribution in [3.8, 4) is 11.3 Å². The van der Waals surface area contributed by atoms with Crippen LogP contribution in [0.25, 0.3) is 11.3 Å². The van der Waals surface area contributed by atoms with Gasteiger partial charge >= 0.3 is 4.87 Å². The number of H-pyrrole nitrogens is 1. The van der Waals surface area contributed by atoms with Crippen molar-refractivity contribution in [3.63, 3.8) is 0 Å². The van der Waals surface area contributed by atoms with Crippen LogP contribution in [0.2, 0.25) is 5.02 Å². The van der Waals surface area contributed by atoms with Crippen molar-refractivity contribution >= 4 is 22.9 Å². The number of aryl methyl sites for hydroxylation is 1. The number of benzene rings is 1. The third kappa shape index (κ3) is 2.82. The van der Waals surface area contributed by atoms with Gasteiger partial charge < -0.3 is 4.98 Å². The summed E-state index contributed by atoms with van der Waals surface area (Å²) in [6.45, 7) is 5.10. The van der Waals surface area contributed by atoms with Crippen LogP contribution in [-0.4, -0.2) is 23.0 Å². The van der Waals surface area contributed by atoms with Crippen LogP contribution in [0, 0.1) is 6.92 Å². The van der Waals surface area contributed by atoms with Gasteiger partial charge in [-0.15, -0.1) is 0 Å². The van der Waals surface area contributed by atoms with Gasteiger partial charge in [-0.3, -0.25) is 9.69 Å². The first-order valence-electron chi connectivity index (χ1n) is 6.84. The highest BCUT2D eigenvalue weighted by atomic mass is 35.5. The lowest BCUT2D eigenvalue weighted by molar-refractivity contribution is 0.334. The molecule has 1 aliphatic heterocycles. The van der Waals surface area contributed by atoms with Crippen molar-refractivity contribution in [2.45, 2.75) is 26.3 Å². The number of hydrogen-bond acceptors (Lipinski definition) is 3. The molecule has 1 fully saturated rings. The Morgan fingerprint density at radius 2 is 2.10 bits per heavy atom. The van der Waals surface area contributed by atoms with Crippen LogP contribution in [0.3, 0.4) is 0 Å². The molecule has 0 aliphatic carbocycles. The number of nitrogens with one attached hydrogen (secondary N) is 1. The summed E-state index contributed by atoms with van der Waals surface area (Å²) in [6.07, 6.45) is 2.52. The van der Waals surface area contributed by atoms with E-state index in [2.05, 4.69) is 9.88 Å². The van der Waals surface area contributed by atoms with E-state index in [1.807, 2.05) is 25.1 Å². The highest BCUT2D eigenvalue weighted by molar-refractivity contribution is 7.09. The Morgan fingerprint density at radius 1 is 1.35 bits per heavy atom. The summed E-state index contributed by atoms with van der Waals surface area (Å²) in [6, 6.07) is 5.90. The number of aromatic amines is 1. The third-order valence-corrected chi connectivity index (χ3v) is 5.03. The van der Waals surface area contributed by atoms with Crippen molar-refractivity contribution in [3.05, 3.63) is 43.3 Å². The molecule has 1 aromatic carbocycles. The number of likely N-dealkylation sites (tertiary alicyclic amines) is 1. The minimum Gasteiger partial charge on any atom is -0.312 e. The van der Waals surface area contributed by atoms with Gasteiger partial charge in [-0.05, 0) is 56.1 Å². The van der Waals surface area contributed by atoms with Crippen LogP contribution in [0.4, 0.5) is 0 Å². The number of aromatic nitrogens is 1. The second-order valence-electron chi connectivity index (χ2n) is 5.26. The molecule has 1 aromatic heterocycles. The molecule has 0 radical (unpaired) electrons. The van der Waals surface area contributed by atoms with Gasteiger partial charge in [0.25, 0.3) is 0 Å². The second kappa shape index (κ2) is 5.72. The van der Waals surface area contributed by atoms with E-state index in [1.165, 1.54) is 24.2 Å². The molecule has 0 saturated carbocycles. The average molecular weight is 309 g/mol. The smallest absolute Gasteiger partial charge is 0.305 e. The lowest BCUT2D eigenvalue weighted by Crippen LogP contribution is -2.18. The zero-order valence-corrected chi connectivity index (χ0v) is 13.0. The molecule has 0 atom stereocenters. The molecule has 0 amide bonds. The molecule has 3 nitrogen and oxygen atoms in total. The van der Waals surface area contributed by atoms with Gasteiger partial charge in [-0.2, -0.15) is 0 Å². The molecule has 1 N–H and O–H groups in total. The van der Waals surface area contributed by atoms with E-state index in [9.17, 15) is 4.79 Å². The van der Waals surface area contributed by atoms with E-state index >= 15 is 0 Å². The van der Waals surface area contributed by atoms with Crippen LogP contribution in [-0.2, 0) is 6.54 Å². The quantitative estimate of drug-likeness (QED) is 0.939. The zero-order valence-electron chi connectivity index (χ0n) is 11.4. The van der Waals surface area contributed by atoms with Gasteiger partial charge in [0.1, 0.15) is 0 Å². The molecular formula is C15H17ClN2OS. The lowest BCUT2D eigenvalue weighted by atomic mass is 10.1. The Kier molecular flexibility index (Phi) is 3.96. The van der Waals surface area contributed by atoms with Crippen molar-refractivity contribution in [1.82, 2.24) is 9.88 Å². The summed E-state index contributed by atoms with van der Waals surface area (Å²) in [7, 11) is 0. The molecule has 106 valence electrons. The van der Waals surface area contributed by atoms with Gasteiger partial charge in [0.05, 0.1) is 5.69 Å². The fourth-order valence-corrected chi connectivity index (χ4v) is 3.66. The molecule has 20 heavy (non-hydrogen) atoms. The Morgan fingerprint density at radius 3 is 2.80 bits per heavy atom. The molecule has 3 rings (SSSR count). The van der Waals surface area contributed by atoms with Gasteiger partial charge in [0.2, 0.25) is 0 Å². The highest BCUT2D eigenvalue weighted by Gasteiger charge is 2.17. The monoisotopic (exact) mass is 308 g/mol. The van der Waals surface area contributed by atoms with Crippen molar-refractivity contribution in [2.24, 2.45) is 0 Å². The molecular weight excluding hydrogens is 292 g/mol. The maximum Gasteiger partial charge on any atom is 0.305 e. The Balaban J connectivity index is 1.95. The average Bonchev–Trinajstić information content (AvgIpc) is 3.03. The predicted octanol–water partition coefficient (Wildman–Crippen LogP) is 3.66. The Bertz CT molecular complexity index is 671. The number of hydrogen-bond donors (Lipinski definition) is 1. The van der Waals surface area contributed by atoms with E-state index in [0.29, 0.717) is 0 Å². The lowest BCUT2D eigenvalue weighted by Gasteiger charge is -2.14. The molecule has 0 unspecified atom stereocenters. The van der Waals surface area contributed by atoms with Crippen molar-refractivity contribution in [1.29, 1.82) is 0 Å². The minimum atomic E-state index is 0.0156. The molecule has 2 aromatic rings. The van der Waals surface area contributed by atoms with Crippen LogP contribution in [0.1, 0.15) is 23.3 Å². The molecule has 1 aliphatic rings. The topological polar surface area (TPSA) is 36.1 Å². The van der Waals surface area contributed by atoms with E-state index in [1.54, 1.807) is 0 Å². The largest absolute Gasteiger partial charge is 0.312 e. The van der Waals surface area contributed by atoms with Crippen molar-refractivity contribution in [2.75, 3.05) is 13.1 Å². The van der Waals surface area contributed by atoms with E-state index in [0.717, 1.165) is 46.4 Å². The van der Waals surface area contributed by atoms with Gasteiger partial charge in [0, 0.05) is 16.4 Å². The summed E-state index contributed by atoms with van der Waals surface area (Å²) in [5, 5.41) is 0.757. The summed E-state index contributed by atoms with van der Waals surface area (Å²) in [5.41, 5.74) is 3.02. The molecule has 2 heterocycles. The van der Waals surface area contributed by atoms with Gasteiger partial charge in [-0.1, -0.05) is 29.0 Å². The summed E-state index contributed by atoms with van der Waals surface area (Å²) in [5.74, 6) is 0. The van der Waals surface area contributed by atoms with Gasteiger partial charge in [-0.25, -0.2) is 0 Å². The second-order valence-corrected chi connectivity index (χ2v) is 6.73. The standard InChI is InChI=1S/C15H17ClN2OS/c1-10-8-11(4-5-12(10)16)14-13(20-15(19)17-14)9-18-6-2-3-7-18/h4-5,8H,2-3,6-7,9H2,1H3,(H,17,19). The number of nitrogens with zero attached hydrogens (tertiary/aromatic N) is 1. The summed E-state index contributed by atoms with van der Waals surface area (Å²) >= 11 is 7.39. The molecule has 0 spiro atoms. The van der Waals surface area contributed by atoms with Gasteiger partial charge in [0.15, 0.2) is 0 Å².